The van der Waals surface area contributed by atoms with Gasteiger partial charge in [0.25, 0.3) is 0 Å². The van der Waals surface area contributed by atoms with Gasteiger partial charge in [0, 0.05) is 6.54 Å². The number of fused-ring (bicyclic) bond motifs is 1. The SMILES string of the molecule is CC1(C)CCc2cccc(O)c2NC1. The highest BCUT2D eigenvalue weighted by atomic mass is 16.3. The smallest absolute Gasteiger partial charge is 0.138 e. The maximum absolute atomic E-state index is 9.69. The molecule has 0 radical (unpaired) electrons. The quantitative estimate of drug-likeness (QED) is 0.618. The van der Waals surface area contributed by atoms with Crippen LogP contribution in [0.3, 0.4) is 0 Å². The van der Waals surface area contributed by atoms with E-state index in [-0.39, 0.29) is 0 Å². The third kappa shape index (κ3) is 1.69. The molecule has 14 heavy (non-hydrogen) atoms. The first-order chi connectivity index (χ1) is 6.58. The minimum absolute atomic E-state index is 0.311. The third-order valence-electron chi connectivity index (χ3n) is 2.94. The van der Waals surface area contributed by atoms with Gasteiger partial charge < -0.3 is 10.4 Å². The summed E-state index contributed by atoms with van der Waals surface area (Å²) >= 11 is 0. The fourth-order valence-electron chi connectivity index (χ4n) is 1.89. The fourth-order valence-corrected chi connectivity index (χ4v) is 1.89. The molecule has 2 nitrogen and oxygen atoms in total. The van der Waals surface area contributed by atoms with Crippen molar-refractivity contribution in [1.29, 1.82) is 0 Å². The number of nitrogens with one attached hydrogen (secondary N) is 1. The standard InChI is InChI=1S/C12H17NO/c1-12(2)7-6-9-4-3-5-10(14)11(9)13-8-12/h3-5,13-14H,6-8H2,1-2H3. The molecule has 2 heteroatoms. The largest absolute Gasteiger partial charge is 0.506 e. The number of anilines is 1. The number of aryl methyl sites for hydroxylation is 1. The summed E-state index contributed by atoms with van der Waals surface area (Å²) in [5.74, 6) is 0.375. The van der Waals surface area contributed by atoms with Crippen LogP contribution in [-0.2, 0) is 6.42 Å². The Hall–Kier alpha value is -1.18. The number of aromatic hydroxyl groups is 1. The van der Waals surface area contributed by atoms with E-state index >= 15 is 0 Å². The van der Waals surface area contributed by atoms with Gasteiger partial charge in [-0.2, -0.15) is 0 Å². The maximum Gasteiger partial charge on any atom is 0.138 e. The van der Waals surface area contributed by atoms with Crippen LogP contribution in [0.2, 0.25) is 0 Å². The molecule has 2 rings (SSSR count). The topological polar surface area (TPSA) is 32.3 Å². The van der Waals surface area contributed by atoms with Gasteiger partial charge in [-0.25, -0.2) is 0 Å². The highest BCUT2D eigenvalue weighted by Gasteiger charge is 2.23. The Labute approximate surface area is 85.0 Å². The summed E-state index contributed by atoms with van der Waals surface area (Å²) < 4.78 is 0. The Balaban J connectivity index is 2.34. The third-order valence-corrected chi connectivity index (χ3v) is 2.94. The summed E-state index contributed by atoms with van der Waals surface area (Å²) in [6.07, 6.45) is 2.21. The van der Waals surface area contributed by atoms with Crippen molar-refractivity contribution < 1.29 is 5.11 Å². The number of benzene rings is 1. The fraction of sp³-hybridized carbons (Fsp3) is 0.500. The molecule has 1 heterocycles. The van der Waals surface area contributed by atoms with Gasteiger partial charge in [0.15, 0.2) is 0 Å². The second-order valence-electron chi connectivity index (χ2n) is 4.83. The monoisotopic (exact) mass is 191 g/mol. The lowest BCUT2D eigenvalue weighted by molar-refractivity contribution is 0.365. The first-order valence-electron chi connectivity index (χ1n) is 5.13. The molecule has 1 aromatic carbocycles. The van der Waals surface area contributed by atoms with Crippen LogP contribution in [0.1, 0.15) is 25.8 Å². The summed E-state index contributed by atoms with van der Waals surface area (Å²) in [5, 5.41) is 13.0. The molecule has 0 aliphatic carbocycles. The highest BCUT2D eigenvalue weighted by Crippen LogP contribution is 2.35. The molecule has 0 unspecified atom stereocenters. The number of rotatable bonds is 0. The van der Waals surface area contributed by atoms with Gasteiger partial charge in [-0.1, -0.05) is 26.0 Å². The van der Waals surface area contributed by atoms with Crippen LogP contribution >= 0.6 is 0 Å². The zero-order valence-corrected chi connectivity index (χ0v) is 8.80. The van der Waals surface area contributed by atoms with E-state index in [0.29, 0.717) is 11.2 Å². The minimum atomic E-state index is 0.311. The summed E-state index contributed by atoms with van der Waals surface area (Å²) in [5.41, 5.74) is 2.47. The number of hydrogen-bond donors (Lipinski definition) is 2. The average molecular weight is 191 g/mol. The van der Waals surface area contributed by atoms with Crippen molar-refractivity contribution in [2.24, 2.45) is 5.41 Å². The molecule has 0 atom stereocenters. The highest BCUT2D eigenvalue weighted by molar-refractivity contribution is 5.62. The summed E-state index contributed by atoms with van der Waals surface area (Å²) in [4.78, 5) is 0. The van der Waals surface area contributed by atoms with E-state index in [2.05, 4.69) is 25.2 Å². The predicted octanol–water partition coefficient (Wildman–Crippen LogP) is 2.78. The van der Waals surface area contributed by atoms with Crippen molar-refractivity contribution in [3.8, 4) is 5.75 Å². The number of phenols is 1. The van der Waals surface area contributed by atoms with Gasteiger partial charge in [-0.05, 0) is 29.9 Å². The van der Waals surface area contributed by atoms with Gasteiger partial charge >= 0.3 is 0 Å². The molecule has 0 bridgehead atoms. The zero-order chi connectivity index (χ0) is 10.2. The minimum Gasteiger partial charge on any atom is -0.506 e. The van der Waals surface area contributed by atoms with Crippen LogP contribution < -0.4 is 5.32 Å². The van der Waals surface area contributed by atoms with E-state index in [4.69, 9.17) is 0 Å². The number of hydrogen-bond acceptors (Lipinski definition) is 2. The van der Waals surface area contributed by atoms with Crippen molar-refractivity contribution in [2.45, 2.75) is 26.7 Å². The lowest BCUT2D eigenvalue weighted by atomic mass is 9.88. The van der Waals surface area contributed by atoms with Crippen LogP contribution in [0.25, 0.3) is 0 Å². The zero-order valence-electron chi connectivity index (χ0n) is 8.80. The van der Waals surface area contributed by atoms with Gasteiger partial charge in [0.2, 0.25) is 0 Å². The molecule has 2 N–H and O–H groups in total. The molecule has 1 aliphatic heterocycles. The molecule has 1 aromatic rings. The Morgan fingerprint density at radius 3 is 2.93 bits per heavy atom. The van der Waals surface area contributed by atoms with Crippen molar-refractivity contribution in [1.82, 2.24) is 0 Å². The average Bonchev–Trinajstić information content (AvgIpc) is 2.27. The van der Waals surface area contributed by atoms with Crippen LogP contribution in [0.15, 0.2) is 18.2 Å². The molecular weight excluding hydrogens is 174 g/mol. The van der Waals surface area contributed by atoms with E-state index in [1.54, 1.807) is 6.07 Å². The molecule has 0 spiro atoms. The summed E-state index contributed by atoms with van der Waals surface area (Å²) in [7, 11) is 0. The molecule has 0 saturated carbocycles. The second kappa shape index (κ2) is 3.19. The Bertz CT molecular complexity index is 344. The van der Waals surface area contributed by atoms with Crippen LogP contribution in [0.4, 0.5) is 5.69 Å². The van der Waals surface area contributed by atoms with Crippen molar-refractivity contribution >= 4 is 5.69 Å². The van der Waals surface area contributed by atoms with E-state index in [0.717, 1.165) is 25.1 Å². The van der Waals surface area contributed by atoms with Crippen molar-refractivity contribution in [3.63, 3.8) is 0 Å². The molecule has 0 saturated heterocycles. The van der Waals surface area contributed by atoms with Crippen LogP contribution in [0, 0.1) is 5.41 Å². The van der Waals surface area contributed by atoms with E-state index < -0.39 is 0 Å². The Kier molecular flexibility index (Phi) is 2.14. The van der Waals surface area contributed by atoms with E-state index in [1.807, 2.05) is 6.07 Å². The molecule has 76 valence electrons. The lowest BCUT2D eigenvalue weighted by Crippen LogP contribution is -2.21. The van der Waals surface area contributed by atoms with Gasteiger partial charge in [-0.15, -0.1) is 0 Å². The predicted molar refractivity (Wildman–Crippen MR) is 58.7 cm³/mol. The molecule has 0 fully saturated rings. The first kappa shape index (κ1) is 9.38. The van der Waals surface area contributed by atoms with E-state index in [9.17, 15) is 5.11 Å². The normalized spacial score (nSPS) is 19.3. The summed E-state index contributed by atoms with van der Waals surface area (Å²) in [6, 6.07) is 5.74. The van der Waals surface area contributed by atoms with E-state index in [1.165, 1.54) is 5.56 Å². The lowest BCUT2D eigenvalue weighted by Gasteiger charge is -2.21. The molecule has 0 amide bonds. The maximum atomic E-state index is 9.69. The van der Waals surface area contributed by atoms with Crippen LogP contribution in [-0.4, -0.2) is 11.7 Å². The van der Waals surface area contributed by atoms with Crippen molar-refractivity contribution in [2.75, 3.05) is 11.9 Å². The van der Waals surface area contributed by atoms with Gasteiger partial charge in [-0.3, -0.25) is 0 Å². The van der Waals surface area contributed by atoms with Crippen LogP contribution in [0.5, 0.6) is 5.75 Å². The molecular formula is C12H17NO. The van der Waals surface area contributed by atoms with Gasteiger partial charge in [0.05, 0.1) is 5.69 Å². The van der Waals surface area contributed by atoms with Gasteiger partial charge in [0.1, 0.15) is 5.75 Å². The number of para-hydroxylation sites is 1. The second-order valence-corrected chi connectivity index (χ2v) is 4.83. The number of phenolic OH excluding ortho intramolecular Hbond substituents is 1. The van der Waals surface area contributed by atoms with Crippen molar-refractivity contribution in [3.05, 3.63) is 23.8 Å². The Morgan fingerprint density at radius 2 is 2.14 bits per heavy atom. The molecule has 1 aliphatic rings. The summed E-state index contributed by atoms with van der Waals surface area (Å²) in [6.45, 7) is 5.43. The Morgan fingerprint density at radius 1 is 1.36 bits per heavy atom. The molecule has 0 aromatic heterocycles. The first-order valence-corrected chi connectivity index (χ1v) is 5.13.